The third-order valence-electron chi connectivity index (χ3n) is 3.96. The molecule has 0 aromatic heterocycles. The number of carbonyl (C=O) groups excluding carboxylic acids is 1. The predicted octanol–water partition coefficient (Wildman–Crippen LogP) is 3.00. The van der Waals surface area contributed by atoms with Gasteiger partial charge < -0.3 is 15.2 Å². The van der Waals surface area contributed by atoms with Crippen LogP contribution in [-0.2, 0) is 11.2 Å². The van der Waals surface area contributed by atoms with Gasteiger partial charge in [-0.1, -0.05) is 49.4 Å². The highest BCUT2D eigenvalue weighted by atomic mass is 19.1. The van der Waals surface area contributed by atoms with Crippen molar-refractivity contribution in [2.24, 2.45) is 0 Å². The molecule has 0 heterocycles. The van der Waals surface area contributed by atoms with E-state index in [2.05, 4.69) is 5.32 Å². The van der Waals surface area contributed by atoms with Gasteiger partial charge in [0.05, 0.1) is 12.7 Å². The van der Waals surface area contributed by atoms with Gasteiger partial charge in [0.1, 0.15) is 11.9 Å². The summed E-state index contributed by atoms with van der Waals surface area (Å²) in [7, 11) is 0. The number of carbonyl (C=O) groups is 1. The fraction of sp³-hybridized carbons (Fsp3) is 0.381. The average Bonchev–Trinajstić information content (AvgIpc) is 2.65. The van der Waals surface area contributed by atoms with Gasteiger partial charge in [-0.25, -0.2) is 4.39 Å². The zero-order chi connectivity index (χ0) is 18.8. The van der Waals surface area contributed by atoms with E-state index in [1.165, 1.54) is 12.1 Å². The number of Topliss-reactive ketones (excluding diaryl/α,β-unsaturated/α-hetero) is 1. The average molecular weight is 359 g/mol. The minimum atomic E-state index is -0.778. The van der Waals surface area contributed by atoms with Gasteiger partial charge in [-0.05, 0) is 30.7 Å². The van der Waals surface area contributed by atoms with Crippen molar-refractivity contribution in [2.75, 3.05) is 19.7 Å². The first-order valence-electron chi connectivity index (χ1n) is 8.94. The fourth-order valence-corrected chi connectivity index (χ4v) is 2.63. The Balaban J connectivity index is 2.04. The third-order valence-corrected chi connectivity index (χ3v) is 3.96. The lowest BCUT2D eigenvalue weighted by molar-refractivity contribution is -0.00164. The number of aliphatic hydroxyl groups is 1. The van der Waals surface area contributed by atoms with E-state index in [4.69, 9.17) is 4.74 Å². The van der Waals surface area contributed by atoms with Crippen LogP contribution in [0, 0.1) is 5.82 Å². The van der Waals surface area contributed by atoms with E-state index in [9.17, 15) is 14.3 Å². The number of aliphatic hydroxyl groups excluding tert-OH is 1. The molecule has 2 N–H and O–H groups in total. The van der Waals surface area contributed by atoms with Crippen molar-refractivity contribution in [1.82, 2.24) is 5.32 Å². The Hall–Kier alpha value is -2.08. The molecule has 0 saturated carbocycles. The van der Waals surface area contributed by atoms with E-state index in [1.807, 2.05) is 13.0 Å². The zero-order valence-corrected chi connectivity index (χ0v) is 15.0. The van der Waals surface area contributed by atoms with Crippen LogP contribution in [0.5, 0.6) is 0 Å². The molecule has 140 valence electrons. The van der Waals surface area contributed by atoms with Crippen LogP contribution in [0.15, 0.2) is 54.6 Å². The molecular formula is C21H26FNO3. The van der Waals surface area contributed by atoms with E-state index >= 15 is 0 Å². The van der Waals surface area contributed by atoms with E-state index in [0.29, 0.717) is 17.7 Å². The summed E-state index contributed by atoms with van der Waals surface area (Å²) < 4.78 is 19.2. The second kappa shape index (κ2) is 10.8. The normalized spacial score (nSPS) is 13.3. The third kappa shape index (κ3) is 6.67. The van der Waals surface area contributed by atoms with Gasteiger partial charge in [0.25, 0.3) is 0 Å². The number of ketones is 1. The lowest BCUT2D eigenvalue weighted by atomic mass is 9.99. The minimum absolute atomic E-state index is 0.0370. The summed E-state index contributed by atoms with van der Waals surface area (Å²) in [5, 5.41) is 13.1. The smallest absolute Gasteiger partial charge is 0.191 e. The maximum atomic E-state index is 13.5. The standard InChI is InChI=1S/C21H26FNO3/c1-2-11-23-14-19(24)15-26-20(13-16-7-6-10-18(22)12-16)21(25)17-8-4-3-5-9-17/h3-10,12,19-20,23-24H,2,11,13-15H2,1H3. The van der Waals surface area contributed by atoms with Crippen molar-refractivity contribution >= 4 is 5.78 Å². The summed E-state index contributed by atoms with van der Waals surface area (Å²) >= 11 is 0. The molecule has 26 heavy (non-hydrogen) atoms. The Morgan fingerprint density at radius 2 is 1.96 bits per heavy atom. The van der Waals surface area contributed by atoms with E-state index in [-0.39, 0.29) is 24.6 Å². The quantitative estimate of drug-likeness (QED) is 0.478. The molecule has 0 aliphatic carbocycles. The Kier molecular flexibility index (Phi) is 8.41. The number of benzene rings is 2. The van der Waals surface area contributed by atoms with Gasteiger partial charge in [-0.15, -0.1) is 0 Å². The van der Waals surface area contributed by atoms with Gasteiger partial charge in [-0.2, -0.15) is 0 Å². The topological polar surface area (TPSA) is 58.6 Å². The van der Waals surface area contributed by atoms with E-state index in [0.717, 1.165) is 13.0 Å². The molecule has 0 radical (unpaired) electrons. The molecule has 2 aromatic carbocycles. The molecule has 0 fully saturated rings. The number of nitrogens with one attached hydrogen (secondary N) is 1. The molecule has 2 atom stereocenters. The molecule has 0 bridgehead atoms. The van der Waals surface area contributed by atoms with Gasteiger partial charge in [0.2, 0.25) is 0 Å². The Labute approximate surface area is 154 Å². The maximum absolute atomic E-state index is 13.5. The van der Waals surface area contributed by atoms with Crippen LogP contribution in [0.1, 0.15) is 29.3 Å². The van der Waals surface area contributed by atoms with Crippen LogP contribution >= 0.6 is 0 Å². The van der Waals surface area contributed by atoms with Crippen molar-refractivity contribution in [2.45, 2.75) is 32.0 Å². The molecule has 0 aliphatic rings. The molecule has 4 nitrogen and oxygen atoms in total. The molecule has 2 rings (SSSR count). The SMILES string of the molecule is CCCNCC(O)COC(Cc1cccc(F)c1)C(=O)c1ccccc1. The molecular weight excluding hydrogens is 333 g/mol. The Morgan fingerprint density at radius 1 is 1.19 bits per heavy atom. The minimum Gasteiger partial charge on any atom is -0.389 e. The van der Waals surface area contributed by atoms with Crippen molar-refractivity contribution in [1.29, 1.82) is 0 Å². The Morgan fingerprint density at radius 3 is 2.65 bits per heavy atom. The molecule has 0 saturated heterocycles. The fourth-order valence-electron chi connectivity index (χ4n) is 2.63. The van der Waals surface area contributed by atoms with Crippen LogP contribution in [0.2, 0.25) is 0 Å². The van der Waals surface area contributed by atoms with Crippen LogP contribution in [-0.4, -0.2) is 42.8 Å². The number of ether oxygens (including phenoxy) is 1. The molecule has 0 spiro atoms. The number of halogens is 1. The number of rotatable bonds is 11. The van der Waals surface area contributed by atoms with E-state index in [1.54, 1.807) is 36.4 Å². The van der Waals surface area contributed by atoms with Crippen molar-refractivity contribution in [3.63, 3.8) is 0 Å². The summed E-state index contributed by atoms with van der Waals surface area (Å²) in [6.07, 6.45) is -0.261. The van der Waals surface area contributed by atoms with Crippen LogP contribution in [0.4, 0.5) is 4.39 Å². The highest BCUT2D eigenvalue weighted by molar-refractivity contribution is 5.99. The summed E-state index contributed by atoms with van der Waals surface area (Å²) in [4.78, 5) is 12.8. The lowest BCUT2D eigenvalue weighted by Gasteiger charge is -2.20. The summed E-state index contributed by atoms with van der Waals surface area (Å²) in [5.41, 5.74) is 1.21. The maximum Gasteiger partial charge on any atom is 0.191 e. The first-order chi connectivity index (χ1) is 12.6. The second-order valence-corrected chi connectivity index (χ2v) is 6.24. The van der Waals surface area contributed by atoms with Crippen molar-refractivity contribution in [3.05, 3.63) is 71.5 Å². The van der Waals surface area contributed by atoms with Crippen LogP contribution in [0.3, 0.4) is 0 Å². The molecule has 2 unspecified atom stereocenters. The predicted molar refractivity (Wildman–Crippen MR) is 99.8 cm³/mol. The van der Waals surface area contributed by atoms with Gasteiger partial charge in [0, 0.05) is 18.5 Å². The molecule has 2 aromatic rings. The monoisotopic (exact) mass is 359 g/mol. The first-order valence-corrected chi connectivity index (χ1v) is 8.94. The van der Waals surface area contributed by atoms with Gasteiger partial charge in [0.15, 0.2) is 5.78 Å². The zero-order valence-electron chi connectivity index (χ0n) is 15.0. The highest BCUT2D eigenvalue weighted by Gasteiger charge is 2.22. The summed E-state index contributed by atoms with van der Waals surface area (Å²) in [6, 6.07) is 15.0. The second-order valence-electron chi connectivity index (χ2n) is 6.24. The summed E-state index contributed by atoms with van der Waals surface area (Å²) in [5.74, 6) is -0.527. The number of hydrogen-bond acceptors (Lipinski definition) is 4. The van der Waals surface area contributed by atoms with Crippen LogP contribution in [0.25, 0.3) is 0 Å². The first kappa shape index (κ1) is 20.2. The molecule has 5 heteroatoms. The van der Waals surface area contributed by atoms with Crippen molar-refractivity contribution in [3.8, 4) is 0 Å². The van der Waals surface area contributed by atoms with Gasteiger partial charge >= 0.3 is 0 Å². The molecule has 0 aliphatic heterocycles. The molecule has 0 amide bonds. The van der Waals surface area contributed by atoms with Crippen LogP contribution < -0.4 is 5.32 Å². The van der Waals surface area contributed by atoms with E-state index < -0.39 is 12.2 Å². The van der Waals surface area contributed by atoms with Crippen molar-refractivity contribution < 1.29 is 19.0 Å². The van der Waals surface area contributed by atoms with Gasteiger partial charge in [-0.3, -0.25) is 4.79 Å². The Bertz CT molecular complexity index is 678. The lowest BCUT2D eigenvalue weighted by Crippen LogP contribution is -2.35. The highest BCUT2D eigenvalue weighted by Crippen LogP contribution is 2.14. The number of hydrogen-bond donors (Lipinski definition) is 2. The summed E-state index contributed by atoms with van der Waals surface area (Å²) in [6.45, 7) is 3.30. The largest absolute Gasteiger partial charge is 0.389 e.